The number of methoxy groups -OCH3 is 2. The number of aliphatic imine (C=N–C) groups is 1. The van der Waals surface area contributed by atoms with Gasteiger partial charge in [-0.3, -0.25) is 4.99 Å². The number of aryl methyl sites for hydroxylation is 1. The smallest absolute Gasteiger partial charge is 0.193 e. The summed E-state index contributed by atoms with van der Waals surface area (Å²) in [6, 6.07) is 14.1. The molecule has 5 nitrogen and oxygen atoms in total. The predicted molar refractivity (Wildman–Crippen MR) is 124 cm³/mol. The molecule has 0 heterocycles. The Morgan fingerprint density at radius 2 is 1.78 bits per heavy atom. The number of hydrogen-bond acceptors (Lipinski definition) is 3. The molecule has 0 aromatic heterocycles. The van der Waals surface area contributed by atoms with Crippen LogP contribution < -0.4 is 20.5 Å². The highest BCUT2D eigenvalue weighted by Crippen LogP contribution is 2.33. The van der Waals surface area contributed by atoms with E-state index in [4.69, 9.17) is 15.2 Å². The van der Waals surface area contributed by atoms with Crippen molar-refractivity contribution in [1.82, 2.24) is 0 Å². The van der Waals surface area contributed by atoms with Crippen molar-refractivity contribution >= 4 is 35.6 Å². The molecule has 2 aromatic rings. The third kappa shape index (κ3) is 6.30. The highest BCUT2D eigenvalue weighted by molar-refractivity contribution is 14.0. The molecule has 0 atom stereocenters. The quantitative estimate of drug-likeness (QED) is 0.344. The van der Waals surface area contributed by atoms with Gasteiger partial charge in [-0.2, -0.15) is 0 Å². The molecular weight excluding hydrogens is 453 g/mol. The molecular formula is C21H30IN3O2. The standard InChI is InChI=1S/C21H29N3O2.HI/c1-6-15-8-7-9-17(12-15)24-20(22)23-14-21(2,3)16-10-11-18(25-4)19(13-16)26-5;/h7-13H,6,14H2,1-5H3,(H3,22,23,24);1H. The highest BCUT2D eigenvalue weighted by Gasteiger charge is 2.22. The van der Waals surface area contributed by atoms with Gasteiger partial charge in [-0.15, -0.1) is 24.0 Å². The lowest BCUT2D eigenvalue weighted by atomic mass is 9.84. The van der Waals surface area contributed by atoms with Crippen LogP contribution in [-0.2, 0) is 11.8 Å². The average Bonchev–Trinajstić information content (AvgIpc) is 2.66. The number of rotatable bonds is 7. The van der Waals surface area contributed by atoms with E-state index in [1.165, 1.54) is 5.56 Å². The van der Waals surface area contributed by atoms with Crippen molar-refractivity contribution in [2.45, 2.75) is 32.6 Å². The summed E-state index contributed by atoms with van der Waals surface area (Å²) in [5.74, 6) is 1.84. The van der Waals surface area contributed by atoms with E-state index in [0.717, 1.165) is 17.7 Å². The van der Waals surface area contributed by atoms with E-state index in [1.807, 2.05) is 30.3 Å². The topological polar surface area (TPSA) is 68.9 Å². The van der Waals surface area contributed by atoms with E-state index in [2.05, 4.69) is 43.2 Å². The molecule has 2 aromatic carbocycles. The minimum atomic E-state index is -0.197. The molecule has 0 bridgehead atoms. The summed E-state index contributed by atoms with van der Waals surface area (Å²) >= 11 is 0. The van der Waals surface area contributed by atoms with Gasteiger partial charge < -0.3 is 20.5 Å². The lowest BCUT2D eigenvalue weighted by molar-refractivity contribution is 0.353. The number of benzene rings is 2. The fourth-order valence-corrected chi connectivity index (χ4v) is 2.69. The van der Waals surface area contributed by atoms with E-state index >= 15 is 0 Å². The number of nitrogens with one attached hydrogen (secondary N) is 1. The van der Waals surface area contributed by atoms with Gasteiger partial charge in [0.05, 0.1) is 20.8 Å². The van der Waals surface area contributed by atoms with Crippen molar-refractivity contribution in [2.75, 3.05) is 26.1 Å². The lowest BCUT2D eigenvalue weighted by Crippen LogP contribution is -2.27. The monoisotopic (exact) mass is 483 g/mol. The van der Waals surface area contributed by atoms with E-state index in [1.54, 1.807) is 14.2 Å². The Bertz CT molecular complexity index is 776. The average molecular weight is 483 g/mol. The van der Waals surface area contributed by atoms with Gasteiger partial charge in [0.2, 0.25) is 0 Å². The Morgan fingerprint density at radius 3 is 2.41 bits per heavy atom. The number of guanidine groups is 1. The van der Waals surface area contributed by atoms with E-state index in [9.17, 15) is 0 Å². The molecule has 0 aliphatic rings. The fourth-order valence-electron chi connectivity index (χ4n) is 2.69. The Hall–Kier alpha value is -1.96. The minimum Gasteiger partial charge on any atom is -0.493 e. The van der Waals surface area contributed by atoms with E-state index < -0.39 is 0 Å². The second-order valence-corrected chi connectivity index (χ2v) is 6.83. The maximum Gasteiger partial charge on any atom is 0.193 e. The van der Waals surface area contributed by atoms with Crippen molar-refractivity contribution in [3.8, 4) is 11.5 Å². The zero-order valence-corrected chi connectivity index (χ0v) is 19.0. The van der Waals surface area contributed by atoms with Crippen LogP contribution in [0.3, 0.4) is 0 Å². The maximum absolute atomic E-state index is 6.08. The molecule has 148 valence electrons. The molecule has 0 amide bonds. The number of hydrogen-bond donors (Lipinski definition) is 2. The summed E-state index contributed by atoms with van der Waals surface area (Å²) < 4.78 is 10.7. The van der Waals surface area contributed by atoms with Gasteiger partial charge in [0.25, 0.3) is 0 Å². The largest absolute Gasteiger partial charge is 0.493 e. The Balaban J connectivity index is 0.00000364. The summed E-state index contributed by atoms with van der Waals surface area (Å²) in [6.07, 6.45) is 0.985. The number of nitrogens with zero attached hydrogens (tertiary/aromatic N) is 1. The molecule has 0 saturated heterocycles. The van der Waals surface area contributed by atoms with Crippen molar-refractivity contribution in [2.24, 2.45) is 10.7 Å². The predicted octanol–water partition coefficient (Wildman–Crippen LogP) is 4.59. The van der Waals surface area contributed by atoms with Gasteiger partial charge in [-0.25, -0.2) is 0 Å². The van der Waals surface area contributed by atoms with Gasteiger partial charge in [-0.05, 0) is 41.8 Å². The molecule has 0 aliphatic heterocycles. The fraction of sp³-hybridized carbons (Fsp3) is 0.381. The Morgan fingerprint density at radius 1 is 1.07 bits per heavy atom. The molecule has 0 unspecified atom stereocenters. The van der Waals surface area contributed by atoms with Crippen LogP contribution in [0.5, 0.6) is 11.5 Å². The second-order valence-electron chi connectivity index (χ2n) is 6.83. The van der Waals surface area contributed by atoms with Crippen LogP contribution in [-0.4, -0.2) is 26.7 Å². The van der Waals surface area contributed by atoms with Gasteiger partial charge >= 0.3 is 0 Å². The van der Waals surface area contributed by atoms with Crippen LogP contribution in [0.15, 0.2) is 47.5 Å². The summed E-state index contributed by atoms with van der Waals surface area (Å²) in [7, 11) is 3.27. The molecule has 0 radical (unpaired) electrons. The third-order valence-electron chi connectivity index (χ3n) is 4.42. The van der Waals surface area contributed by atoms with Crippen LogP contribution in [0.25, 0.3) is 0 Å². The van der Waals surface area contributed by atoms with Crippen molar-refractivity contribution in [3.05, 3.63) is 53.6 Å². The third-order valence-corrected chi connectivity index (χ3v) is 4.42. The molecule has 0 fully saturated rings. The van der Waals surface area contributed by atoms with Gasteiger partial charge in [0, 0.05) is 11.1 Å². The Kier molecular flexibility index (Phi) is 8.88. The SMILES string of the molecule is CCc1cccc(NC(N)=NCC(C)(C)c2ccc(OC)c(OC)c2)c1.I. The normalized spacial score (nSPS) is 11.5. The van der Waals surface area contributed by atoms with Gasteiger partial charge in [0.1, 0.15) is 0 Å². The first-order valence-electron chi connectivity index (χ1n) is 8.78. The maximum atomic E-state index is 6.08. The number of nitrogens with two attached hydrogens (primary N) is 1. The first kappa shape index (κ1) is 23.1. The van der Waals surface area contributed by atoms with Gasteiger partial charge in [-0.1, -0.05) is 39.0 Å². The number of halogens is 1. The zero-order valence-electron chi connectivity index (χ0n) is 16.7. The number of anilines is 1. The molecule has 2 rings (SSSR count). The van der Waals surface area contributed by atoms with E-state index in [-0.39, 0.29) is 29.4 Å². The molecule has 0 aliphatic carbocycles. The van der Waals surface area contributed by atoms with E-state index in [0.29, 0.717) is 24.0 Å². The lowest BCUT2D eigenvalue weighted by Gasteiger charge is -2.24. The van der Waals surface area contributed by atoms with Crippen LogP contribution in [0.4, 0.5) is 5.69 Å². The van der Waals surface area contributed by atoms with Gasteiger partial charge in [0.15, 0.2) is 17.5 Å². The van der Waals surface area contributed by atoms with Crippen molar-refractivity contribution < 1.29 is 9.47 Å². The van der Waals surface area contributed by atoms with Crippen LogP contribution in [0.2, 0.25) is 0 Å². The van der Waals surface area contributed by atoms with Crippen LogP contribution in [0, 0.1) is 0 Å². The summed E-state index contributed by atoms with van der Waals surface area (Å²) in [6.45, 7) is 6.93. The molecule has 6 heteroatoms. The first-order valence-corrected chi connectivity index (χ1v) is 8.78. The molecule has 0 spiro atoms. The van der Waals surface area contributed by atoms with Crippen molar-refractivity contribution in [3.63, 3.8) is 0 Å². The summed E-state index contributed by atoms with van der Waals surface area (Å²) in [5.41, 5.74) is 9.20. The van der Waals surface area contributed by atoms with Crippen molar-refractivity contribution in [1.29, 1.82) is 0 Å². The Labute approximate surface area is 179 Å². The highest BCUT2D eigenvalue weighted by atomic mass is 127. The minimum absolute atomic E-state index is 0. The van der Waals surface area contributed by atoms with Crippen LogP contribution in [0.1, 0.15) is 31.9 Å². The summed E-state index contributed by atoms with van der Waals surface area (Å²) in [5, 5.41) is 3.16. The number of ether oxygens (including phenoxy) is 2. The van der Waals surface area contributed by atoms with Crippen LogP contribution >= 0.6 is 24.0 Å². The molecule has 0 saturated carbocycles. The first-order chi connectivity index (χ1) is 12.4. The zero-order chi connectivity index (χ0) is 19.2. The summed E-state index contributed by atoms with van der Waals surface area (Å²) in [4.78, 5) is 4.53. The molecule has 27 heavy (non-hydrogen) atoms. The second kappa shape index (κ2) is 10.4. The molecule has 3 N–H and O–H groups in total.